The molecule has 272 valence electrons. The lowest BCUT2D eigenvalue weighted by Gasteiger charge is -2.59. The summed E-state index contributed by atoms with van der Waals surface area (Å²) < 4.78 is 13.7. The second-order valence-electron chi connectivity index (χ2n) is 17.8. The third kappa shape index (κ3) is 3.75. The van der Waals surface area contributed by atoms with Crippen LogP contribution in [-0.4, -0.2) is 5.54 Å². The van der Waals surface area contributed by atoms with Gasteiger partial charge < -0.3 is 13.7 Å². The van der Waals surface area contributed by atoms with Crippen LogP contribution in [0.4, 0.5) is 11.4 Å². The topological polar surface area (TPSA) is 29.5 Å². The van der Waals surface area contributed by atoms with Gasteiger partial charge in [-0.3, -0.25) is 0 Å². The van der Waals surface area contributed by atoms with Crippen molar-refractivity contribution >= 4 is 55.3 Å². The maximum Gasteiger partial charge on any atom is 0.140 e. The monoisotopic (exact) mass is 725 g/mol. The molecule has 6 aromatic carbocycles. The average molecular weight is 726 g/mol. The molecule has 0 saturated heterocycles. The Morgan fingerprint density at radius 2 is 1.20 bits per heavy atom. The molecule has 8 aromatic rings. The van der Waals surface area contributed by atoms with E-state index in [1.807, 2.05) is 0 Å². The highest BCUT2D eigenvalue weighted by Gasteiger charge is 2.57. The zero-order valence-corrected chi connectivity index (χ0v) is 32.7. The van der Waals surface area contributed by atoms with Crippen LogP contribution in [0, 0.1) is 5.92 Å². The number of hydrogen-bond acceptors (Lipinski definition) is 3. The van der Waals surface area contributed by atoms with E-state index in [1.54, 1.807) is 0 Å². The minimum absolute atomic E-state index is 0.104. The van der Waals surface area contributed by atoms with E-state index < -0.39 is 11.0 Å². The maximum atomic E-state index is 7.00. The van der Waals surface area contributed by atoms with Crippen molar-refractivity contribution in [1.82, 2.24) is 0 Å². The molecule has 4 aliphatic rings. The number of hydrogen-bond donors (Lipinski definition) is 0. The van der Waals surface area contributed by atoms with Crippen LogP contribution in [0.5, 0.6) is 0 Å². The van der Waals surface area contributed by atoms with E-state index in [0.29, 0.717) is 0 Å². The van der Waals surface area contributed by atoms with Gasteiger partial charge in [-0.1, -0.05) is 130 Å². The van der Waals surface area contributed by atoms with Crippen molar-refractivity contribution < 1.29 is 8.83 Å². The third-order valence-corrected chi connectivity index (χ3v) is 14.3. The Kier molecular flexibility index (Phi) is 5.99. The summed E-state index contributed by atoms with van der Waals surface area (Å²) in [6.07, 6.45) is 9.95. The van der Waals surface area contributed by atoms with E-state index in [9.17, 15) is 0 Å². The lowest BCUT2D eigenvalue weighted by molar-refractivity contribution is 0.440. The summed E-state index contributed by atoms with van der Waals surface area (Å²) in [5.74, 6) is 0.179. The summed E-state index contributed by atoms with van der Waals surface area (Å²) in [5, 5.41) is 4.49. The second kappa shape index (κ2) is 10.4. The van der Waals surface area contributed by atoms with Crippen LogP contribution in [-0.2, 0) is 16.2 Å². The first-order valence-corrected chi connectivity index (χ1v) is 20.1. The highest BCUT2D eigenvalue weighted by molar-refractivity contribution is 6.26. The largest absolute Gasteiger partial charge is 0.456 e. The first-order valence-electron chi connectivity index (χ1n) is 20.1. The highest BCUT2D eigenvalue weighted by atomic mass is 16.3. The standard InChI is InChI=1S/C53H43NO2/c1-31-25-26-52(5)38-19-11-12-20-41(38)54(32-23-24-34-33-15-7-10-18-37(33)50(2,3)39(34)29-32)53(6)28-27-51(4,47(31)49(52)53)40-30-44-45(35-16-8-13-21-42(35)55-44)46-36-17-9-14-22-43(36)56-48(40)46/h7-31H,1-6H3. The first-order chi connectivity index (χ1) is 27.0. The lowest BCUT2D eigenvalue weighted by Crippen LogP contribution is -2.58. The summed E-state index contributed by atoms with van der Waals surface area (Å²) in [5.41, 5.74) is 15.5. The normalized spacial score (nSPS) is 25.6. The molecule has 56 heavy (non-hydrogen) atoms. The van der Waals surface area contributed by atoms with Gasteiger partial charge in [0.1, 0.15) is 22.3 Å². The van der Waals surface area contributed by atoms with Gasteiger partial charge in [0.2, 0.25) is 0 Å². The molecule has 12 rings (SSSR count). The highest BCUT2D eigenvalue weighted by Crippen LogP contribution is 2.63. The van der Waals surface area contributed by atoms with E-state index in [1.165, 1.54) is 50.3 Å². The molecular weight excluding hydrogens is 683 g/mol. The van der Waals surface area contributed by atoms with Crippen molar-refractivity contribution in [3.8, 4) is 11.1 Å². The number of para-hydroxylation sites is 3. The molecule has 4 atom stereocenters. The molecule has 0 saturated carbocycles. The van der Waals surface area contributed by atoms with Gasteiger partial charge in [0.15, 0.2) is 0 Å². The van der Waals surface area contributed by atoms with Crippen molar-refractivity contribution in [3.05, 3.63) is 179 Å². The summed E-state index contributed by atoms with van der Waals surface area (Å²) in [7, 11) is 0. The van der Waals surface area contributed by atoms with E-state index in [4.69, 9.17) is 8.83 Å². The number of benzene rings is 6. The molecule has 0 fully saturated rings. The number of anilines is 2. The summed E-state index contributed by atoms with van der Waals surface area (Å²) >= 11 is 0. The zero-order valence-electron chi connectivity index (χ0n) is 32.7. The van der Waals surface area contributed by atoms with Crippen molar-refractivity contribution in [2.75, 3.05) is 4.90 Å². The van der Waals surface area contributed by atoms with Gasteiger partial charge in [-0.2, -0.15) is 0 Å². The molecule has 2 aromatic heterocycles. The second-order valence-corrected chi connectivity index (χ2v) is 17.8. The van der Waals surface area contributed by atoms with Gasteiger partial charge in [-0.05, 0) is 102 Å². The lowest BCUT2D eigenvalue weighted by atomic mass is 9.52. The van der Waals surface area contributed by atoms with Crippen molar-refractivity contribution in [2.45, 2.75) is 63.3 Å². The summed E-state index contributed by atoms with van der Waals surface area (Å²) in [6, 6.07) is 44.4. The number of rotatable bonds is 2. The van der Waals surface area contributed by atoms with Gasteiger partial charge >= 0.3 is 0 Å². The number of allylic oxidation sites excluding steroid dienone is 4. The van der Waals surface area contributed by atoms with Crippen LogP contribution in [0.3, 0.4) is 0 Å². The number of furan rings is 2. The smallest absolute Gasteiger partial charge is 0.140 e. The van der Waals surface area contributed by atoms with Crippen LogP contribution < -0.4 is 4.90 Å². The van der Waals surface area contributed by atoms with E-state index >= 15 is 0 Å². The fourth-order valence-electron chi connectivity index (χ4n) is 11.8. The van der Waals surface area contributed by atoms with E-state index in [2.05, 4.69) is 192 Å². The Morgan fingerprint density at radius 1 is 0.536 bits per heavy atom. The molecule has 0 bridgehead atoms. The molecular formula is C53H43NO2. The number of nitrogens with zero attached hydrogens (tertiary/aromatic N) is 1. The fourth-order valence-corrected chi connectivity index (χ4v) is 11.8. The van der Waals surface area contributed by atoms with Crippen LogP contribution in [0.25, 0.3) is 55.0 Å². The Balaban J connectivity index is 1.15. The fraction of sp³-hybridized carbons (Fsp3) is 0.208. The summed E-state index contributed by atoms with van der Waals surface area (Å²) in [4.78, 5) is 2.64. The SMILES string of the molecule is CC1C=CC2(C)C3=C1C(C)(c1cc4oc5ccccc5c4c4c1oc1ccccc14)C=CC3(C)N(c1ccc3c(c1)C(C)(C)c1ccccc1-3)c1ccccc12. The van der Waals surface area contributed by atoms with E-state index in [-0.39, 0.29) is 16.7 Å². The van der Waals surface area contributed by atoms with Crippen LogP contribution >= 0.6 is 0 Å². The van der Waals surface area contributed by atoms with Crippen molar-refractivity contribution in [3.63, 3.8) is 0 Å². The molecule has 3 heterocycles. The Labute approximate surface area is 327 Å². The van der Waals surface area contributed by atoms with E-state index in [0.717, 1.165) is 49.4 Å². The van der Waals surface area contributed by atoms with Gasteiger partial charge in [-0.15, -0.1) is 0 Å². The molecule has 0 N–H and O–H groups in total. The predicted octanol–water partition coefficient (Wildman–Crippen LogP) is 14.0. The zero-order chi connectivity index (χ0) is 37.9. The van der Waals surface area contributed by atoms with Gasteiger partial charge in [-0.25, -0.2) is 0 Å². The van der Waals surface area contributed by atoms with Gasteiger partial charge in [0.05, 0.1) is 5.54 Å². The molecule has 0 radical (unpaired) electrons. The molecule has 3 heteroatoms. The average Bonchev–Trinajstić information content (AvgIpc) is 3.85. The molecule has 0 spiro atoms. The predicted molar refractivity (Wildman–Crippen MR) is 231 cm³/mol. The van der Waals surface area contributed by atoms with Crippen LogP contribution in [0.2, 0.25) is 0 Å². The molecule has 0 amide bonds. The number of fused-ring (bicyclic) bond motifs is 12. The van der Waals surface area contributed by atoms with Gasteiger partial charge in [0.25, 0.3) is 0 Å². The molecule has 1 aliphatic heterocycles. The Morgan fingerprint density at radius 3 is 2.00 bits per heavy atom. The Bertz CT molecular complexity index is 3150. The minimum Gasteiger partial charge on any atom is -0.456 e. The molecule has 3 aliphatic carbocycles. The third-order valence-electron chi connectivity index (χ3n) is 14.3. The van der Waals surface area contributed by atoms with Gasteiger partial charge in [0, 0.05) is 54.7 Å². The van der Waals surface area contributed by atoms with Crippen molar-refractivity contribution in [1.29, 1.82) is 0 Å². The van der Waals surface area contributed by atoms with Crippen LogP contribution in [0.1, 0.15) is 63.8 Å². The quantitative estimate of drug-likeness (QED) is 0.166. The molecule has 3 nitrogen and oxygen atoms in total. The van der Waals surface area contributed by atoms with Crippen molar-refractivity contribution in [2.24, 2.45) is 5.92 Å². The first kappa shape index (κ1) is 32.2. The maximum absolute atomic E-state index is 7.00. The minimum atomic E-state index is -0.501. The summed E-state index contributed by atoms with van der Waals surface area (Å²) in [6.45, 7) is 14.4. The van der Waals surface area contributed by atoms with Crippen LogP contribution in [0.15, 0.2) is 166 Å². The Hall–Kier alpha value is -6.06. The molecule has 4 unspecified atom stereocenters.